The summed E-state index contributed by atoms with van der Waals surface area (Å²) in [4.78, 5) is 12.7. The van der Waals surface area contributed by atoms with Crippen molar-refractivity contribution in [2.24, 2.45) is 0 Å². The van der Waals surface area contributed by atoms with Gasteiger partial charge in [0.2, 0.25) is 0 Å². The van der Waals surface area contributed by atoms with E-state index in [9.17, 15) is 4.79 Å². The Labute approximate surface area is 135 Å². The molecular weight excluding hydrogens is 286 g/mol. The first-order valence-corrected chi connectivity index (χ1v) is 7.76. The lowest BCUT2D eigenvalue weighted by Crippen LogP contribution is -2.23. The van der Waals surface area contributed by atoms with Crippen LogP contribution >= 0.6 is 0 Å². The third-order valence-electron chi connectivity index (χ3n) is 3.71. The molecule has 1 amide bonds. The molecule has 3 aromatic rings. The summed E-state index contributed by atoms with van der Waals surface area (Å²) in [5.74, 6) is 0.505. The van der Waals surface area contributed by atoms with Crippen LogP contribution in [-0.4, -0.2) is 12.5 Å². The summed E-state index contributed by atoms with van der Waals surface area (Å²) in [7, 11) is 0. The van der Waals surface area contributed by atoms with E-state index in [1.165, 1.54) is 0 Å². The lowest BCUT2D eigenvalue weighted by atomic mass is 10.0. The minimum atomic E-state index is -0.117. The number of benzene rings is 3. The number of hydrogen-bond acceptors (Lipinski definition) is 2. The highest BCUT2D eigenvalue weighted by Gasteiger charge is 2.16. The van der Waals surface area contributed by atoms with Crippen LogP contribution in [0.4, 0.5) is 0 Å². The molecular formula is C20H19NO2. The molecule has 0 spiro atoms. The van der Waals surface area contributed by atoms with Crippen molar-refractivity contribution in [1.29, 1.82) is 0 Å². The second-order valence-electron chi connectivity index (χ2n) is 5.26. The number of nitrogens with one attached hydrogen (secondary N) is 1. The zero-order chi connectivity index (χ0) is 16.1. The van der Waals surface area contributed by atoms with Gasteiger partial charge in [-0.3, -0.25) is 4.79 Å². The van der Waals surface area contributed by atoms with Gasteiger partial charge in [-0.05, 0) is 29.3 Å². The highest BCUT2D eigenvalue weighted by molar-refractivity contribution is 6.09. The maximum Gasteiger partial charge on any atom is 0.255 e. The largest absolute Gasteiger partial charge is 0.493 e. The third kappa shape index (κ3) is 3.34. The number of amides is 1. The Morgan fingerprint density at radius 2 is 1.70 bits per heavy atom. The Morgan fingerprint density at radius 1 is 0.957 bits per heavy atom. The van der Waals surface area contributed by atoms with Crippen molar-refractivity contribution in [3.8, 4) is 5.75 Å². The fourth-order valence-electron chi connectivity index (χ4n) is 2.63. The van der Waals surface area contributed by atoms with E-state index in [1.54, 1.807) is 0 Å². The van der Waals surface area contributed by atoms with Crippen LogP contribution in [-0.2, 0) is 6.54 Å². The number of rotatable bonds is 5. The molecule has 0 aromatic heterocycles. The highest BCUT2D eigenvalue weighted by Crippen LogP contribution is 2.28. The fourth-order valence-corrected chi connectivity index (χ4v) is 2.63. The molecule has 3 heteroatoms. The molecule has 3 nitrogen and oxygen atoms in total. The lowest BCUT2D eigenvalue weighted by molar-refractivity contribution is 0.0949. The summed E-state index contributed by atoms with van der Waals surface area (Å²) >= 11 is 0. The van der Waals surface area contributed by atoms with Gasteiger partial charge in [-0.2, -0.15) is 0 Å². The molecule has 0 aliphatic heterocycles. The Morgan fingerprint density at radius 3 is 2.48 bits per heavy atom. The van der Waals surface area contributed by atoms with Crippen molar-refractivity contribution in [2.45, 2.75) is 13.5 Å². The molecule has 0 aliphatic carbocycles. The van der Waals surface area contributed by atoms with Gasteiger partial charge in [0, 0.05) is 6.54 Å². The number of ether oxygens (including phenoxy) is 1. The maximum absolute atomic E-state index is 12.7. The van der Waals surface area contributed by atoms with Crippen LogP contribution in [0.1, 0.15) is 22.8 Å². The van der Waals surface area contributed by atoms with Crippen LogP contribution in [0.2, 0.25) is 0 Å². The molecule has 0 unspecified atom stereocenters. The van der Waals surface area contributed by atoms with Crippen molar-refractivity contribution in [2.75, 3.05) is 6.61 Å². The molecule has 0 bridgehead atoms. The number of carbonyl (C=O) groups excluding carboxylic acids is 1. The molecule has 0 fully saturated rings. The second-order valence-corrected chi connectivity index (χ2v) is 5.26. The summed E-state index contributed by atoms with van der Waals surface area (Å²) < 4.78 is 5.66. The van der Waals surface area contributed by atoms with Crippen LogP contribution in [0.5, 0.6) is 5.75 Å². The van der Waals surface area contributed by atoms with Gasteiger partial charge in [0.25, 0.3) is 5.91 Å². The van der Waals surface area contributed by atoms with Gasteiger partial charge in [-0.1, -0.05) is 60.7 Å². The van der Waals surface area contributed by atoms with Crippen molar-refractivity contribution in [3.05, 3.63) is 77.9 Å². The average Bonchev–Trinajstić information content (AvgIpc) is 2.60. The first-order chi connectivity index (χ1) is 11.3. The third-order valence-corrected chi connectivity index (χ3v) is 3.71. The van der Waals surface area contributed by atoms with Gasteiger partial charge in [-0.25, -0.2) is 0 Å². The van der Waals surface area contributed by atoms with E-state index in [4.69, 9.17) is 4.74 Å². The SMILES string of the molecule is CCOc1ccc2ccccc2c1C(=O)NCc1ccccc1. The molecule has 23 heavy (non-hydrogen) atoms. The molecule has 0 heterocycles. The van der Waals surface area contributed by atoms with Gasteiger partial charge >= 0.3 is 0 Å². The summed E-state index contributed by atoms with van der Waals surface area (Å²) in [5, 5.41) is 4.92. The molecule has 1 N–H and O–H groups in total. The lowest BCUT2D eigenvalue weighted by Gasteiger charge is -2.13. The normalized spacial score (nSPS) is 10.5. The van der Waals surface area contributed by atoms with E-state index in [-0.39, 0.29) is 5.91 Å². The first-order valence-electron chi connectivity index (χ1n) is 7.76. The number of fused-ring (bicyclic) bond motifs is 1. The Kier molecular flexibility index (Phi) is 4.57. The standard InChI is InChI=1S/C20H19NO2/c1-2-23-18-13-12-16-10-6-7-11-17(16)19(18)20(22)21-14-15-8-4-3-5-9-15/h3-13H,2,14H2,1H3,(H,21,22). The van der Waals surface area contributed by atoms with Crippen LogP contribution in [0.25, 0.3) is 10.8 Å². The molecule has 116 valence electrons. The van der Waals surface area contributed by atoms with E-state index >= 15 is 0 Å². The van der Waals surface area contributed by atoms with Crippen molar-refractivity contribution in [1.82, 2.24) is 5.32 Å². The van der Waals surface area contributed by atoms with Gasteiger partial charge in [0.1, 0.15) is 5.75 Å². The van der Waals surface area contributed by atoms with Crippen molar-refractivity contribution >= 4 is 16.7 Å². The van der Waals surface area contributed by atoms with Gasteiger partial charge in [0.15, 0.2) is 0 Å². The highest BCUT2D eigenvalue weighted by atomic mass is 16.5. The molecule has 0 radical (unpaired) electrons. The fraction of sp³-hybridized carbons (Fsp3) is 0.150. The summed E-state index contributed by atoms with van der Waals surface area (Å²) in [6, 6.07) is 21.6. The summed E-state index contributed by atoms with van der Waals surface area (Å²) in [5.41, 5.74) is 1.67. The average molecular weight is 305 g/mol. The number of hydrogen-bond donors (Lipinski definition) is 1. The zero-order valence-electron chi connectivity index (χ0n) is 13.1. The minimum absolute atomic E-state index is 0.117. The topological polar surface area (TPSA) is 38.3 Å². The number of carbonyl (C=O) groups is 1. The van der Waals surface area contributed by atoms with E-state index in [2.05, 4.69) is 5.32 Å². The Hall–Kier alpha value is -2.81. The Bertz CT molecular complexity index is 812. The van der Waals surface area contributed by atoms with E-state index < -0.39 is 0 Å². The van der Waals surface area contributed by atoms with Crippen molar-refractivity contribution < 1.29 is 9.53 Å². The zero-order valence-corrected chi connectivity index (χ0v) is 13.1. The quantitative estimate of drug-likeness (QED) is 0.768. The van der Waals surface area contributed by atoms with Gasteiger partial charge in [0.05, 0.1) is 12.2 Å². The molecule has 0 aliphatic rings. The van der Waals surface area contributed by atoms with Crippen molar-refractivity contribution in [3.63, 3.8) is 0 Å². The van der Waals surface area contributed by atoms with Crippen LogP contribution < -0.4 is 10.1 Å². The van der Waals surface area contributed by atoms with Crippen LogP contribution in [0.3, 0.4) is 0 Å². The molecule has 0 saturated carbocycles. The second kappa shape index (κ2) is 6.97. The monoisotopic (exact) mass is 305 g/mol. The van der Waals surface area contributed by atoms with E-state index in [1.807, 2.05) is 73.7 Å². The summed E-state index contributed by atoms with van der Waals surface area (Å²) in [6.45, 7) is 2.94. The predicted molar refractivity (Wildman–Crippen MR) is 92.7 cm³/mol. The van der Waals surface area contributed by atoms with Crippen LogP contribution in [0.15, 0.2) is 66.7 Å². The first kappa shape index (κ1) is 15.1. The molecule has 0 saturated heterocycles. The Balaban J connectivity index is 1.93. The van der Waals surface area contributed by atoms with E-state index in [0.29, 0.717) is 24.5 Å². The summed E-state index contributed by atoms with van der Waals surface area (Å²) in [6.07, 6.45) is 0. The van der Waals surface area contributed by atoms with Gasteiger partial charge in [-0.15, -0.1) is 0 Å². The van der Waals surface area contributed by atoms with E-state index in [0.717, 1.165) is 16.3 Å². The smallest absolute Gasteiger partial charge is 0.255 e. The van der Waals surface area contributed by atoms with Crippen LogP contribution in [0, 0.1) is 0 Å². The maximum atomic E-state index is 12.7. The molecule has 3 rings (SSSR count). The van der Waals surface area contributed by atoms with Gasteiger partial charge < -0.3 is 10.1 Å². The molecule has 0 atom stereocenters. The minimum Gasteiger partial charge on any atom is -0.493 e. The molecule has 3 aromatic carbocycles. The predicted octanol–water partition coefficient (Wildman–Crippen LogP) is 4.17.